The molecule has 2 N–H and O–H groups in total. The predicted octanol–water partition coefficient (Wildman–Crippen LogP) is 3.23. The molecular weight excluding hydrogens is 356 g/mol. The van der Waals surface area contributed by atoms with E-state index in [9.17, 15) is 9.59 Å². The highest BCUT2D eigenvalue weighted by molar-refractivity contribution is 6.39. The number of rotatable bonds is 7. The molecule has 28 heavy (non-hydrogen) atoms. The van der Waals surface area contributed by atoms with Gasteiger partial charge in [0.25, 0.3) is 0 Å². The highest BCUT2D eigenvalue weighted by atomic mass is 16.5. The van der Waals surface area contributed by atoms with Gasteiger partial charge in [-0.2, -0.15) is 0 Å². The Morgan fingerprint density at radius 2 is 1.82 bits per heavy atom. The molecule has 0 aromatic heterocycles. The van der Waals surface area contributed by atoms with Crippen LogP contribution in [0.5, 0.6) is 11.5 Å². The third-order valence-electron chi connectivity index (χ3n) is 4.71. The molecule has 0 fully saturated rings. The fourth-order valence-corrected chi connectivity index (χ4v) is 3.25. The van der Waals surface area contributed by atoms with E-state index >= 15 is 0 Å². The van der Waals surface area contributed by atoms with Crippen molar-refractivity contribution in [2.45, 2.75) is 39.2 Å². The summed E-state index contributed by atoms with van der Waals surface area (Å²) in [7, 11) is 1.57. The van der Waals surface area contributed by atoms with E-state index in [0.717, 1.165) is 31.2 Å². The van der Waals surface area contributed by atoms with Gasteiger partial charge in [0, 0.05) is 12.2 Å². The fourth-order valence-electron chi connectivity index (χ4n) is 3.25. The monoisotopic (exact) mass is 382 g/mol. The number of amides is 2. The van der Waals surface area contributed by atoms with E-state index < -0.39 is 11.8 Å². The van der Waals surface area contributed by atoms with Gasteiger partial charge in [-0.15, -0.1) is 0 Å². The van der Waals surface area contributed by atoms with Crippen molar-refractivity contribution in [2.75, 3.05) is 19.0 Å². The second-order valence-corrected chi connectivity index (χ2v) is 6.81. The number of ether oxygens (including phenoxy) is 2. The van der Waals surface area contributed by atoms with Crippen molar-refractivity contribution in [1.29, 1.82) is 0 Å². The second-order valence-electron chi connectivity index (χ2n) is 6.81. The minimum atomic E-state index is -0.675. The largest absolute Gasteiger partial charge is 0.493 e. The van der Waals surface area contributed by atoms with Crippen LogP contribution in [0.2, 0.25) is 0 Å². The van der Waals surface area contributed by atoms with Crippen LogP contribution in [-0.2, 0) is 29.0 Å². The Labute approximate surface area is 165 Å². The highest BCUT2D eigenvalue weighted by Gasteiger charge is 2.16. The fraction of sp³-hybridized carbons (Fsp3) is 0.364. The Morgan fingerprint density at radius 1 is 1.00 bits per heavy atom. The summed E-state index contributed by atoms with van der Waals surface area (Å²) in [5.74, 6) is -0.0878. The number of anilines is 1. The molecule has 1 aliphatic carbocycles. The Balaban J connectivity index is 1.55. The molecule has 2 aromatic rings. The molecule has 6 nitrogen and oxygen atoms in total. The van der Waals surface area contributed by atoms with E-state index in [-0.39, 0.29) is 6.54 Å². The lowest BCUT2D eigenvalue weighted by Gasteiger charge is -2.12. The molecule has 1 aliphatic rings. The van der Waals surface area contributed by atoms with Crippen LogP contribution in [0.25, 0.3) is 0 Å². The lowest BCUT2D eigenvalue weighted by molar-refractivity contribution is -0.136. The molecule has 0 unspecified atom stereocenters. The third-order valence-corrected chi connectivity index (χ3v) is 4.71. The summed E-state index contributed by atoms with van der Waals surface area (Å²) in [5, 5.41) is 5.30. The van der Waals surface area contributed by atoms with Crippen LogP contribution in [0.15, 0.2) is 36.4 Å². The van der Waals surface area contributed by atoms with Gasteiger partial charge < -0.3 is 20.1 Å². The number of benzene rings is 2. The SMILES string of the molecule is CCCOc1ccc(CNC(=O)C(=O)Nc2ccc3c(c2)CCC3)cc1OC. The summed E-state index contributed by atoms with van der Waals surface area (Å²) >= 11 is 0. The van der Waals surface area contributed by atoms with Crippen molar-refractivity contribution in [3.05, 3.63) is 53.1 Å². The quantitative estimate of drug-likeness (QED) is 0.721. The van der Waals surface area contributed by atoms with E-state index in [1.807, 2.05) is 31.2 Å². The number of carbonyl (C=O) groups is 2. The predicted molar refractivity (Wildman–Crippen MR) is 108 cm³/mol. The maximum atomic E-state index is 12.2. The summed E-state index contributed by atoms with van der Waals surface area (Å²) in [6.07, 6.45) is 4.14. The molecule has 0 saturated carbocycles. The van der Waals surface area contributed by atoms with Crippen molar-refractivity contribution in [3.8, 4) is 11.5 Å². The molecule has 148 valence electrons. The molecule has 0 atom stereocenters. The van der Waals surface area contributed by atoms with E-state index in [1.54, 1.807) is 19.2 Å². The zero-order valence-electron chi connectivity index (χ0n) is 16.3. The lowest BCUT2D eigenvalue weighted by Crippen LogP contribution is -2.35. The van der Waals surface area contributed by atoms with Crippen LogP contribution in [0.3, 0.4) is 0 Å². The Hall–Kier alpha value is -3.02. The van der Waals surface area contributed by atoms with Gasteiger partial charge in [-0.25, -0.2) is 0 Å². The number of hydrogen-bond acceptors (Lipinski definition) is 4. The molecule has 0 spiro atoms. The maximum absolute atomic E-state index is 12.2. The molecule has 0 bridgehead atoms. The standard InChI is InChI=1S/C22H26N2O4/c1-3-11-28-19-10-7-15(12-20(19)27-2)14-23-21(25)22(26)24-18-9-8-16-5-4-6-17(16)13-18/h7-10,12-13H,3-6,11,14H2,1-2H3,(H,23,25)(H,24,26). The normalized spacial score (nSPS) is 12.2. The van der Waals surface area contributed by atoms with Crippen LogP contribution in [0.1, 0.15) is 36.5 Å². The van der Waals surface area contributed by atoms with E-state index in [0.29, 0.717) is 23.8 Å². The summed E-state index contributed by atoms with van der Waals surface area (Å²) in [4.78, 5) is 24.3. The topological polar surface area (TPSA) is 76.7 Å². The van der Waals surface area contributed by atoms with Crippen molar-refractivity contribution in [1.82, 2.24) is 5.32 Å². The first-order chi connectivity index (χ1) is 13.6. The van der Waals surface area contributed by atoms with Gasteiger partial charge in [0.1, 0.15) is 0 Å². The van der Waals surface area contributed by atoms with Gasteiger partial charge in [-0.05, 0) is 66.6 Å². The van der Waals surface area contributed by atoms with Crippen LogP contribution in [0, 0.1) is 0 Å². The number of fused-ring (bicyclic) bond motifs is 1. The molecular formula is C22H26N2O4. The number of aryl methyl sites for hydroxylation is 2. The van der Waals surface area contributed by atoms with Crippen LogP contribution < -0.4 is 20.1 Å². The Kier molecular flexibility index (Phi) is 6.53. The summed E-state index contributed by atoms with van der Waals surface area (Å²) in [5.41, 5.74) is 4.04. The molecule has 2 amide bonds. The Morgan fingerprint density at radius 3 is 2.61 bits per heavy atom. The van der Waals surface area contributed by atoms with Crippen molar-refractivity contribution in [3.63, 3.8) is 0 Å². The van der Waals surface area contributed by atoms with Gasteiger partial charge in [0.15, 0.2) is 11.5 Å². The molecule has 0 saturated heterocycles. The van der Waals surface area contributed by atoms with Crippen LogP contribution in [0.4, 0.5) is 5.69 Å². The lowest BCUT2D eigenvalue weighted by atomic mass is 10.1. The highest BCUT2D eigenvalue weighted by Crippen LogP contribution is 2.28. The summed E-state index contributed by atoms with van der Waals surface area (Å²) < 4.78 is 11.0. The maximum Gasteiger partial charge on any atom is 0.313 e. The van der Waals surface area contributed by atoms with Gasteiger partial charge in [-0.3, -0.25) is 9.59 Å². The van der Waals surface area contributed by atoms with Crippen LogP contribution >= 0.6 is 0 Å². The molecule has 0 radical (unpaired) electrons. The third kappa shape index (κ3) is 4.82. The summed E-state index contributed by atoms with van der Waals surface area (Å²) in [6, 6.07) is 11.3. The number of nitrogens with one attached hydrogen (secondary N) is 2. The van der Waals surface area contributed by atoms with Gasteiger partial charge in [-0.1, -0.05) is 19.1 Å². The van der Waals surface area contributed by atoms with Crippen molar-refractivity contribution < 1.29 is 19.1 Å². The molecule has 0 aliphatic heterocycles. The zero-order chi connectivity index (χ0) is 19.9. The average Bonchev–Trinajstić information content (AvgIpc) is 3.18. The van der Waals surface area contributed by atoms with Gasteiger partial charge in [0.2, 0.25) is 0 Å². The minimum Gasteiger partial charge on any atom is -0.493 e. The average molecular weight is 382 g/mol. The first-order valence-electron chi connectivity index (χ1n) is 9.61. The smallest absolute Gasteiger partial charge is 0.313 e. The summed E-state index contributed by atoms with van der Waals surface area (Å²) in [6.45, 7) is 2.86. The first-order valence-corrected chi connectivity index (χ1v) is 9.61. The first kappa shape index (κ1) is 19.7. The van der Waals surface area contributed by atoms with Crippen molar-refractivity contribution >= 4 is 17.5 Å². The zero-order valence-corrected chi connectivity index (χ0v) is 16.3. The minimum absolute atomic E-state index is 0.223. The molecule has 2 aromatic carbocycles. The van der Waals surface area contributed by atoms with Gasteiger partial charge >= 0.3 is 11.8 Å². The second kappa shape index (κ2) is 9.26. The Bertz CT molecular complexity index is 864. The number of hydrogen-bond donors (Lipinski definition) is 2. The molecule has 3 rings (SSSR count). The van der Waals surface area contributed by atoms with E-state index in [4.69, 9.17) is 9.47 Å². The van der Waals surface area contributed by atoms with Crippen molar-refractivity contribution in [2.24, 2.45) is 0 Å². The number of carbonyl (C=O) groups excluding carboxylic acids is 2. The number of methoxy groups -OCH3 is 1. The van der Waals surface area contributed by atoms with Gasteiger partial charge in [0.05, 0.1) is 13.7 Å². The van der Waals surface area contributed by atoms with E-state index in [1.165, 1.54) is 11.1 Å². The molecule has 6 heteroatoms. The molecule has 0 heterocycles. The van der Waals surface area contributed by atoms with E-state index in [2.05, 4.69) is 10.6 Å². The van der Waals surface area contributed by atoms with Crippen LogP contribution in [-0.4, -0.2) is 25.5 Å².